The summed E-state index contributed by atoms with van der Waals surface area (Å²) < 4.78 is 29.7. The highest BCUT2D eigenvalue weighted by molar-refractivity contribution is 7.07. The van der Waals surface area contributed by atoms with E-state index in [1.54, 1.807) is 57.6 Å². The second-order valence-electron chi connectivity index (χ2n) is 9.70. The predicted molar refractivity (Wildman–Crippen MR) is 158 cm³/mol. The fourth-order valence-corrected chi connectivity index (χ4v) is 5.48. The van der Waals surface area contributed by atoms with Gasteiger partial charge in [0.25, 0.3) is 5.56 Å². The van der Waals surface area contributed by atoms with Gasteiger partial charge in [0, 0.05) is 0 Å². The number of hydrogen-bond donors (Lipinski definition) is 0. The molecule has 4 rings (SSSR count). The van der Waals surface area contributed by atoms with E-state index >= 15 is 0 Å². The van der Waals surface area contributed by atoms with Crippen LogP contribution in [0.15, 0.2) is 70.1 Å². The minimum absolute atomic E-state index is 0.141. The zero-order chi connectivity index (χ0) is 29.7. The number of esters is 1. The van der Waals surface area contributed by atoms with Crippen LogP contribution in [-0.2, 0) is 9.53 Å². The number of rotatable bonds is 11. The number of hydrogen-bond acceptors (Lipinski definition) is 9. The Kier molecular flexibility index (Phi) is 9.34. The van der Waals surface area contributed by atoms with Crippen molar-refractivity contribution in [1.82, 2.24) is 4.57 Å². The fourth-order valence-electron chi connectivity index (χ4n) is 4.43. The zero-order valence-electron chi connectivity index (χ0n) is 24.1. The molecule has 1 unspecified atom stereocenters. The summed E-state index contributed by atoms with van der Waals surface area (Å²) in [5.74, 6) is 1.72. The molecule has 0 saturated heterocycles. The monoisotopic (exact) mass is 578 g/mol. The van der Waals surface area contributed by atoms with Crippen molar-refractivity contribution in [3.63, 3.8) is 0 Å². The Morgan fingerprint density at radius 1 is 1.05 bits per heavy atom. The first-order chi connectivity index (χ1) is 19.7. The summed E-state index contributed by atoms with van der Waals surface area (Å²) in [5.41, 5.74) is 1.88. The van der Waals surface area contributed by atoms with Gasteiger partial charge in [-0.05, 0) is 54.3 Å². The molecule has 3 aromatic rings. The second kappa shape index (κ2) is 12.9. The first kappa shape index (κ1) is 29.7. The van der Waals surface area contributed by atoms with Gasteiger partial charge in [0.1, 0.15) is 6.61 Å². The van der Waals surface area contributed by atoms with Crippen LogP contribution < -0.4 is 33.8 Å². The third-order valence-corrected chi connectivity index (χ3v) is 7.34. The SMILES string of the molecule is C=CCOc1ccc(C2C(C(=O)OCC(C)C)=C(C)N=c3sc(=Cc4ccc(OC)c(OC)c4)c(=O)n32)cc1OC. The molecule has 0 saturated carbocycles. The van der Waals surface area contributed by atoms with Gasteiger partial charge in [-0.15, -0.1) is 0 Å². The van der Waals surface area contributed by atoms with Gasteiger partial charge in [-0.1, -0.05) is 50.0 Å². The molecule has 1 aromatic heterocycles. The Morgan fingerprint density at radius 2 is 1.73 bits per heavy atom. The van der Waals surface area contributed by atoms with E-state index in [4.69, 9.17) is 23.7 Å². The minimum Gasteiger partial charge on any atom is -0.493 e. The lowest BCUT2D eigenvalue weighted by Crippen LogP contribution is -2.40. The van der Waals surface area contributed by atoms with Crippen molar-refractivity contribution >= 4 is 23.4 Å². The Hall–Kier alpha value is -4.31. The number of carbonyl (C=O) groups is 1. The largest absolute Gasteiger partial charge is 0.493 e. The highest BCUT2D eigenvalue weighted by Crippen LogP contribution is 2.36. The zero-order valence-corrected chi connectivity index (χ0v) is 24.9. The molecule has 2 heterocycles. The van der Waals surface area contributed by atoms with Gasteiger partial charge >= 0.3 is 5.97 Å². The van der Waals surface area contributed by atoms with Crippen molar-refractivity contribution in [2.75, 3.05) is 34.5 Å². The molecule has 1 atom stereocenters. The smallest absolute Gasteiger partial charge is 0.338 e. The molecule has 0 bridgehead atoms. The average Bonchev–Trinajstić information content (AvgIpc) is 3.27. The molecule has 0 aliphatic carbocycles. The van der Waals surface area contributed by atoms with Crippen LogP contribution in [0.4, 0.5) is 0 Å². The van der Waals surface area contributed by atoms with E-state index in [1.807, 2.05) is 26.0 Å². The number of benzene rings is 2. The van der Waals surface area contributed by atoms with Gasteiger partial charge in [-0.25, -0.2) is 9.79 Å². The van der Waals surface area contributed by atoms with Crippen LogP contribution >= 0.6 is 11.3 Å². The molecule has 1 aliphatic heterocycles. The molecule has 216 valence electrons. The molecule has 0 radical (unpaired) electrons. The van der Waals surface area contributed by atoms with E-state index in [9.17, 15) is 9.59 Å². The van der Waals surface area contributed by atoms with Crippen LogP contribution in [0.2, 0.25) is 0 Å². The first-order valence-electron chi connectivity index (χ1n) is 13.1. The third-order valence-electron chi connectivity index (χ3n) is 6.35. The van der Waals surface area contributed by atoms with Gasteiger partial charge in [0.05, 0.1) is 49.8 Å². The van der Waals surface area contributed by atoms with Gasteiger partial charge in [0.15, 0.2) is 27.8 Å². The van der Waals surface area contributed by atoms with Crippen LogP contribution in [0.3, 0.4) is 0 Å². The number of aromatic nitrogens is 1. The van der Waals surface area contributed by atoms with Gasteiger partial charge < -0.3 is 23.7 Å². The number of nitrogens with zero attached hydrogens (tertiary/aromatic N) is 2. The van der Waals surface area contributed by atoms with Crippen molar-refractivity contribution in [2.45, 2.75) is 26.8 Å². The lowest BCUT2D eigenvalue weighted by atomic mass is 9.95. The summed E-state index contributed by atoms with van der Waals surface area (Å²) in [7, 11) is 4.66. The standard InChI is InChI=1S/C31H34N2O7S/c1-8-13-39-23-12-10-21(16-25(23)38-7)28-27(30(35)40-17-18(2)3)19(4)32-31-33(28)29(34)26(41-31)15-20-9-11-22(36-5)24(14-20)37-6/h8-12,14-16,18,28H,1,13,17H2,2-7H3. The van der Waals surface area contributed by atoms with Crippen molar-refractivity contribution < 1.29 is 28.5 Å². The van der Waals surface area contributed by atoms with Crippen LogP contribution in [0.5, 0.6) is 23.0 Å². The molecule has 0 N–H and O–H groups in total. The summed E-state index contributed by atoms with van der Waals surface area (Å²) in [6.07, 6.45) is 3.41. The molecule has 9 nitrogen and oxygen atoms in total. The highest BCUT2D eigenvalue weighted by atomic mass is 32.1. The van der Waals surface area contributed by atoms with E-state index in [-0.39, 0.29) is 23.7 Å². The van der Waals surface area contributed by atoms with E-state index < -0.39 is 12.0 Å². The maximum Gasteiger partial charge on any atom is 0.338 e. The second-order valence-corrected chi connectivity index (χ2v) is 10.7. The number of allylic oxidation sites excluding steroid dienone is 1. The molecule has 2 aromatic carbocycles. The first-order valence-corrected chi connectivity index (χ1v) is 13.9. The fraction of sp³-hybridized carbons (Fsp3) is 0.323. The third kappa shape index (κ3) is 6.22. The average molecular weight is 579 g/mol. The molecular weight excluding hydrogens is 544 g/mol. The Morgan fingerprint density at radius 3 is 2.39 bits per heavy atom. The van der Waals surface area contributed by atoms with Crippen LogP contribution in [0.1, 0.15) is 37.9 Å². The highest BCUT2D eigenvalue weighted by Gasteiger charge is 2.34. The van der Waals surface area contributed by atoms with Crippen LogP contribution in [0.25, 0.3) is 6.08 Å². The number of fused-ring (bicyclic) bond motifs is 1. The molecule has 0 fully saturated rings. The molecule has 41 heavy (non-hydrogen) atoms. The summed E-state index contributed by atoms with van der Waals surface area (Å²) >= 11 is 1.24. The maximum atomic E-state index is 14.0. The van der Waals surface area contributed by atoms with Crippen LogP contribution in [0, 0.1) is 5.92 Å². The molecule has 0 amide bonds. The predicted octanol–water partition coefficient (Wildman–Crippen LogP) is 4.03. The quantitative estimate of drug-likeness (QED) is 0.250. The van der Waals surface area contributed by atoms with Crippen molar-refractivity contribution in [3.05, 3.63) is 91.1 Å². The number of methoxy groups -OCH3 is 3. The Bertz CT molecular complexity index is 1670. The summed E-state index contributed by atoms with van der Waals surface area (Å²) in [5, 5.41) is 0. The Labute approximate surface area is 242 Å². The lowest BCUT2D eigenvalue weighted by Gasteiger charge is -2.25. The maximum absolute atomic E-state index is 14.0. The van der Waals surface area contributed by atoms with Crippen molar-refractivity contribution in [2.24, 2.45) is 10.9 Å². The minimum atomic E-state index is -0.791. The van der Waals surface area contributed by atoms with E-state index in [2.05, 4.69) is 11.6 Å². The number of ether oxygens (including phenoxy) is 5. The van der Waals surface area contributed by atoms with E-state index in [1.165, 1.54) is 23.0 Å². The summed E-state index contributed by atoms with van der Waals surface area (Å²) in [6.45, 7) is 9.90. The van der Waals surface area contributed by atoms with Crippen LogP contribution in [-0.4, -0.2) is 45.1 Å². The van der Waals surface area contributed by atoms with E-state index in [0.717, 1.165) is 5.56 Å². The van der Waals surface area contributed by atoms with Gasteiger partial charge in [-0.3, -0.25) is 9.36 Å². The van der Waals surface area contributed by atoms with E-state index in [0.29, 0.717) is 50.2 Å². The molecule has 1 aliphatic rings. The van der Waals surface area contributed by atoms with Gasteiger partial charge in [-0.2, -0.15) is 0 Å². The Balaban J connectivity index is 1.91. The molecule has 0 spiro atoms. The number of carbonyl (C=O) groups excluding carboxylic acids is 1. The lowest BCUT2D eigenvalue weighted by molar-refractivity contribution is -0.140. The topological polar surface area (TPSA) is 97.6 Å². The van der Waals surface area contributed by atoms with Gasteiger partial charge in [0.2, 0.25) is 0 Å². The summed E-state index contributed by atoms with van der Waals surface area (Å²) in [4.78, 5) is 32.6. The number of thiazole rings is 1. The van der Waals surface area contributed by atoms with Crippen molar-refractivity contribution in [3.8, 4) is 23.0 Å². The normalized spacial score (nSPS) is 14.8. The summed E-state index contributed by atoms with van der Waals surface area (Å²) in [6, 6.07) is 9.95. The van der Waals surface area contributed by atoms with Crippen molar-refractivity contribution in [1.29, 1.82) is 0 Å². The molecular formula is C31H34N2O7S. The molecule has 10 heteroatoms.